The van der Waals surface area contributed by atoms with Crippen LogP contribution in [0.5, 0.6) is 0 Å². The lowest BCUT2D eigenvalue weighted by Gasteiger charge is -2.08. The van der Waals surface area contributed by atoms with E-state index in [-0.39, 0.29) is 11.6 Å². The average Bonchev–Trinajstić information content (AvgIpc) is 2.43. The second kappa shape index (κ2) is 6.22. The van der Waals surface area contributed by atoms with Crippen molar-refractivity contribution in [3.63, 3.8) is 0 Å². The molecule has 0 spiro atoms. The van der Waals surface area contributed by atoms with Crippen molar-refractivity contribution in [2.75, 3.05) is 11.9 Å². The Bertz CT molecular complexity index is 558. The van der Waals surface area contributed by atoms with E-state index in [0.29, 0.717) is 30.6 Å². The minimum absolute atomic E-state index is 0.170. The highest BCUT2D eigenvalue weighted by molar-refractivity contribution is 5.37. The molecule has 0 saturated carbocycles. The van der Waals surface area contributed by atoms with Gasteiger partial charge in [-0.1, -0.05) is 25.1 Å². The van der Waals surface area contributed by atoms with Crippen LogP contribution in [0.2, 0.25) is 0 Å². The van der Waals surface area contributed by atoms with Gasteiger partial charge in [0.05, 0.1) is 5.69 Å². The first-order valence-electron chi connectivity index (χ1n) is 6.19. The Morgan fingerprint density at radius 3 is 2.68 bits per heavy atom. The highest BCUT2D eigenvalue weighted by atomic mass is 19.1. The largest absolute Gasteiger partial charge is 0.367 e. The molecule has 0 radical (unpaired) electrons. The second-order valence-corrected chi connectivity index (χ2v) is 4.10. The van der Waals surface area contributed by atoms with Crippen molar-refractivity contribution in [3.8, 4) is 0 Å². The molecule has 19 heavy (non-hydrogen) atoms. The third kappa shape index (κ3) is 3.24. The summed E-state index contributed by atoms with van der Waals surface area (Å²) in [7, 11) is 0. The zero-order chi connectivity index (χ0) is 13.7. The fourth-order valence-electron chi connectivity index (χ4n) is 1.79. The Morgan fingerprint density at radius 2 is 1.95 bits per heavy atom. The van der Waals surface area contributed by atoms with E-state index in [4.69, 9.17) is 0 Å². The van der Waals surface area contributed by atoms with Crippen molar-refractivity contribution in [3.05, 3.63) is 53.5 Å². The molecule has 1 heterocycles. The zero-order valence-electron chi connectivity index (χ0n) is 10.7. The van der Waals surface area contributed by atoms with Crippen molar-refractivity contribution in [1.29, 1.82) is 0 Å². The van der Waals surface area contributed by atoms with E-state index in [1.54, 1.807) is 18.2 Å². The summed E-state index contributed by atoms with van der Waals surface area (Å²) in [6.45, 7) is 2.24. The van der Waals surface area contributed by atoms with E-state index in [0.717, 1.165) is 0 Å². The van der Waals surface area contributed by atoms with E-state index in [1.807, 2.05) is 6.92 Å². The summed E-state index contributed by atoms with van der Waals surface area (Å²) >= 11 is 0. The first-order valence-corrected chi connectivity index (χ1v) is 6.19. The van der Waals surface area contributed by atoms with Crippen LogP contribution in [0.15, 0.2) is 30.6 Å². The Labute approximate surface area is 110 Å². The molecule has 3 nitrogen and oxygen atoms in total. The maximum Gasteiger partial charge on any atom is 0.186 e. The topological polar surface area (TPSA) is 37.8 Å². The van der Waals surface area contributed by atoms with Crippen molar-refractivity contribution in [2.45, 2.75) is 19.8 Å². The van der Waals surface area contributed by atoms with Gasteiger partial charge in [-0.3, -0.25) is 0 Å². The maximum absolute atomic E-state index is 13.8. The lowest BCUT2D eigenvalue weighted by molar-refractivity contribution is 0.595. The quantitative estimate of drug-likeness (QED) is 0.901. The third-order valence-corrected chi connectivity index (χ3v) is 2.84. The average molecular weight is 263 g/mol. The van der Waals surface area contributed by atoms with Gasteiger partial charge in [0.25, 0.3) is 0 Å². The number of rotatable bonds is 5. The summed E-state index contributed by atoms with van der Waals surface area (Å²) in [4.78, 5) is 7.70. The molecule has 0 aliphatic heterocycles. The van der Waals surface area contributed by atoms with Gasteiger partial charge < -0.3 is 5.32 Å². The summed E-state index contributed by atoms with van der Waals surface area (Å²) in [6, 6.07) is 6.55. The molecule has 2 rings (SSSR count). The number of nitrogens with one attached hydrogen (secondary N) is 1. The van der Waals surface area contributed by atoms with Gasteiger partial charge in [0.1, 0.15) is 12.1 Å². The first kappa shape index (κ1) is 13.4. The van der Waals surface area contributed by atoms with Crippen LogP contribution < -0.4 is 5.32 Å². The summed E-state index contributed by atoms with van der Waals surface area (Å²) in [6.07, 6.45) is 2.31. The number of anilines is 1. The van der Waals surface area contributed by atoms with Crippen molar-refractivity contribution < 1.29 is 8.78 Å². The van der Waals surface area contributed by atoms with Crippen molar-refractivity contribution in [2.24, 2.45) is 0 Å². The fourth-order valence-corrected chi connectivity index (χ4v) is 1.79. The fraction of sp³-hybridized carbons (Fsp3) is 0.286. The zero-order valence-corrected chi connectivity index (χ0v) is 10.7. The van der Waals surface area contributed by atoms with Gasteiger partial charge in [0.15, 0.2) is 11.6 Å². The number of hydrogen-bond donors (Lipinski definition) is 1. The van der Waals surface area contributed by atoms with Gasteiger partial charge in [-0.25, -0.2) is 18.7 Å². The highest BCUT2D eigenvalue weighted by Crippen LogP contribution is 2.13. The molecule has 2 aromatic rings. The van der Waals surface area contributed by atoms with E-state index < -0.39 is 5.82 Å². The SMILES string of the molecule is CCc1ncnc(NCCc2ccccc2F)c1F. The van der Waals surface area contributed by atoms with E-state index in [1.165, 1.54) is 12.4 Å². The van der Waals surface area contributed by atoms with Gasteiger partial charge in [-0.15, -0.1) is 0 Å². The van der Waals surface area contributed by atoms with Crippen molar-refractivity contribution >= 4 is 5.82 Å². The van der Waals surface area contributed by atoms with Crippen LogP contribution in [0.3, 0.4) is 0 Å². The molecule has 0 atom stereocenters. The molecule has 5 heteroatoms. The van der Waals surface area contributed by atoms with Crippen LogP contribution in [0.4, 0.5) is 14.6 Å². The van der Waals surface area contributed by atoms with Gasteiger partial charge in [-0.05, 0) is 24.5 Å². The molecule has 1 N–H and O–H groups in total. The van der Waals surface area contributed by atoms with Crippen molar-refractivity contribution in [1.82, 2.24) is 9.97 Å². The van der Waals surface area contributed by atoms with Crippen LogP contribution in [-0.2, 0) is 12.8 Å². The second-order valence-electron chi connectivity index (χ2n) is 4.10. The van der Waals surface area contributed by atoms with E-state index in [9.17, 15) is 8.78 Å². The van der Waals surface area contributed by atoms with Gasteiger partial charge >= 0.3 is 0 Å². The lowest BCUT2D eigenvalue weighted by Crippen LogP contribution is -2.10. The predicted octanol–water partition coefficient (Wildman–Crippen LogP) is 2.97. The number of aryl methyl sites for hydroxylation is 1. The Hall–Kier alpha value is -2.04. The Morgan fingerprint density at radius 1 is 1.16 bits per heavy atom. The molecular weight excluding hydrogens is 248 g/mol. The first-order chi connectivity index (χ1) is 9.22. The number of benzene rings is 1. The molecular formula is C14H15F2N3. The molecule has 0 saturated heterocycles. The monoisotopic (exact) mass is 263 g/mol. The van der Waals surface area contributed by atoms with Crippen LogP contribution in [0.1, 0.15) is 18.2 Å². The molecule has 1 aromatic carbocycles. The molecule has 0 bridgehead atoms. The Kier molecular flexibility index (Phi) is 4.39. The van der Waals surface area contributed by atoms with E-state index in [2.05, 4.69) is 15.3 Å². The summed E-state index contributed by atoms with van der Waals surface area (Å²) in [5.74, 6) is -0.511. The molecule has 100 valence electrons. The van der Waals surface area contributed by atoms with Crippen LogP contribution in [-0.4, -0.2) is 16.5 Å². The predicted molar refractivity (Wildman–Crippen MR) is 70.0 cm³/mol. The number of hydrogen-bond acceptors (Lipinski definition) is 3. The molecule has 0 aliphatic carbocycles. The number of nitrogens with zero attached hydrogens (tertiary/aromatic N) is 2. The molecule has 0 amide bonds. The summed E-state index contributed by atoms with van der Waals surface area (Å²) < 4.78 is 27.2. The van der Waals surface area contributed by atoms with E-state index >= 15 is 0 Å². The van der Waals surface area contributed by atoms with Gasteiger partial charge in [-0.2, -0.15) is 0 Å². The summed E-state index contributed by atoms with van der Waals surface area (Å²) in [5, 5.41) is 2.87. The highest BCUT2D eigenvalue weighted by Gasteiger charge is 2.09. The lowest BCUT2D eigenvalue weighted by atomic mass is 10.1. The minimum Gasteiger partial charge on any atom is -0.367 e. The molecule has 0 fully saturated rings. The normalized spacial score (nSPS) is 10.5. The van der Waals surface area contributed by atoms with Gasteiger partial charge in [0.2, 0.25) is 0 Å². The number of aromatic nitrogens is 2. The third-order valence-electron chi connectivity index (χ3n) is 2.84. The summed E-state index contributed by atoms with van der Waals surface area (Å²) in [5.41, 5.74) is 0.976. The van der Waals surface area contributed by atoms with Crippen LogP contribution in [0.25, 0.3) is 0 Å². The molecule has 0 aliphatic rings. The van der Waals surface area contributed by atoms with Gasteiger partial charge in [0, 0.05) is 6.54 Å². The molecule has 0 unspecified atom stereocenters. The maximum atomic E-state index is 13.8. The molecule has 1 aromatic heterocycles. The number of halogens is 2. The van der Waals surface area contributed by atoms with Crippen LogP contribution in [0, 0.1) is 11.6 Å². The Balaban J connectivity index is 1.98. The van der Waals surface area contributed by atoms with Crippen LogP contribution >= 0.6 is 0 Å². The standard InChI is InChI=1S/C14H15F2N3/c1-2-12-13(16)14(19-9-18-12)17-8-7-10-5-3-4-6-11(10)15/h3-6,9H,2,7-8H2,1H3,(H,17,18,19). The smallest absolute Gasteiger partial charge is 0.186 e. The minimum atomic E-state index is -0.432.